The van der Waals surface area contributed by atoms with Crippen LogP contribution in [0.2, 0.25) is 0 Å². The number of carboxylic acids is 1. The number of rotatable bonds is 4. The van der Waals surface area contributed by atoms with Gasteiger partial charge < -0.3 is 19.9 Å². The summed E-state index contributed by atoms with van der Waals surface area (Å²) in [6.45, 7) is 2.07. The lowest BCUT2D eigenvalue weighted by molar-refractivity contribution is 0.0696. The Balaban J connectivity index is 1.92. The lowest BCUT2D eigenvalue weighted by Crippen LogP contribution is -2.44. The summed E-state index contributed by atoms with van der Waals surface area (Å²) < 4.78 is 32.6. The average Bonchev–Trinajstić information content (AvgIpc) is 3.60. The first-order valence-electron chi connectivity index (χ1n) is 10.3. The number of benzene rings is 2. The molecule has 0 atom stereocenters. The molecule has 0 bridgehead atoms. The van der Waals surface area contributed by atoms with E-state index in [0.717, 1.165) is 18.9 Å². The van der Waals surface area contributed by atoms with Crippen LogP contribution in [0.5, 0.6) is 0 Å². The van der Waals surface area contributed by atoms with E-state index in [1.54, 1.807) is 39.8 Å². The minimum Gasteiger partial charge on any atom is -0.477 e. The highest BCUT2D eigenvalue weighted by Gasteiger charge is 2.35. The number of carbonyl (C=O) groups is 1. The predicted molar refractivity (Wildman–Crippen MR) is 114 cm³/mol. The lowest BCUT2D eigenvalue weighted by Gasteiger charge is -2.31. The van der Waals surface area contributed by atoms with Crippen molar-refractivity contribution in [2.24, 2.45) is 0 Å². The number of piperazine rings is 1. The molecule has 2 aromatic carbocycles. The summed E-state index contributed by atoms with van der Waals surface area (Å²) in [5.74, 6) is -3.07. The summed E-state index contributed by atoms with van der Waals surface area (Å²) in [5, 5.41) is 12.8. The quantitative estimate of drug-likeness (QED) is 0.670. The molecule has 2 aliphatic rings. The summed E-state index contributed by atoms with van der Waals surface area (Å²) in [4.78, 5) is 27.0. The molecule has 31 heavy (non-hydrogen) atoms. The molecule has 1 aliphatic heterocycles. The Labute approximate surface area is 176 Å². The first-order valence-corrected chi connectivity index (χ1v) is 10.3. The van der Waals surface area contributed by atoms with Crippen LogP contribution < -0.4 is 15.6 Å². The van der Waals surface area contributed by atoms with Gasteiger partial charge >= 0.3 is 5.97 Å². The van der Waals surface area contributed by atoms with Crippen LogP contribution in [0.15, 0.2) is 41.2 Å². The van der Waals surface area contributed by atoms with Gasteiger partial charge in [-0.1, -0.05) is 30.3 Å². The summed E-state index contributed by atoms with van der Waals surface area (Å²) in [6, 6.07) is 9.50. The molecule has 5 rings (SSSR count). The van der Waals surface area contributed by atoms with E-state index in [4.69, 9.17) is 0 Å². The van der Waals surface area contributed by atoms with Crippen LogP contribution in [-0.2, 0) is 0 Å². The SMILES string of the molecule is O=C(O)c1c(-c2ccccc2)n(C2CC2)c2c(F)c(N3CCNCC3)c(F)cc2c1=O. The highest BCUT2D eigenvalue weighted by molar-refractivity contribution is 6.00. The fourth-order valence-corrected chi connectivity index (χ4v) is 4.44. The number of nitrogens with one attached hydrogen (secondary N) is 1. The molecule has 0 unspecified atom stereocenters. The molecule has 2 fully saturated rings. The van der Waals surface area contributed by atoms with Gasteiger partial charge in [0.1, 0.15) is 17.1 Å². The lowest BCUT2D eigenvalue weighted by atomic mass is 10.00. The van der Waals surface area contributed by atoms with E-state index in [2.05, 4.69) is 5.32 Å². The molecule has 1 aliphatic carbocycles. The summed E-state index contributed by atoms with van der Waals surface area (Å²) >= 11 is 0. The zero-order valence-corrected chi connectivity index (χ0v) is 16.7. The van der Waals surface area contributed by atoms with Gasteiger partial charge in [0, 0.05) is 32.2 Å². The van der Waals surface area contributed by atoms with Crippen molar-refractivity contribution in [3.63, 3.8) is 0 Å². The van der Waals surface area contributed by atoms with Gasteiger partial charge in [-0.3, -0.25) is 4.79 Å². The van der Waals surface area contributed by atoms with Gasteiger partial charge in [0.25, 0.3) is 0 Å². The van der Waals surface area contributed by atoms with Crippen LogP contribution in [0.1, 0.15) is 29.2 Å². The maximum atomic E-state index is 16.0. The Kier molecular flexibility index (Phi) is 4.74. The molecule has 6 nitrogen and oxygen atoms in total. The van der Waals surface area contributed by atoms with Crippen molar-refractivity contribution in [3.8, 4) is 11.3 Å². The second-order valence-corrected chi connectivity index (χ2v) is 7.98. The maximum Gasteiger partial charge on any atom is 0.341 e. The van der Waals surface area contributed by atoms with E-state index in [9.17, 15) is 14.7 Å². The number of halogens is 2. The number of fused-ring (bicyclic) bond motifs is 1. The van der Waals surface area contributed by atoms with Crippen LogP contribution in [0.4, 0.5) is 14.5 Å². The van der Waals surface area contributed by atoms with Crippen molar-refractivity contribution in [1.29, 1.82) is 0 Å². The van der Waals surface area contributed by atoms with E-state index < -0.39 is 28.6 Å². The Hall–Kier alpha value is -3.26. The molecule has 1 saturated carbocycles. The molecule has 1 aromatic heterocycles. The van der Waals surface area contributed by atoms with Gasteiger partial charge in [-0.15, -0.1) is 0 Å². The zero-order valence-electron chi connectivity index (χ0n) is 16.7. The largest absolute Gasteiger partial charge is 0.477 e. The number of hydrogen-bond donors (Lipinski definition) is 2. The van der Waals surface area contributed by atoms with E-state index in [-0.39, 0.29) is 28.3 Å². The van der Waals surface area contributed by atoms with Gasteiger partial charge in [-0.05, 0) is 24.5 Å². The van der Waals surface area contributed by atoms with Crippen molar-refractivity contribution < 1.29 is 18.7 Å². The topological polar surface area (TPSA) is 74.6 Å². The number of hydrogen-bond acceptors (Lipinski definition) is 4. The standard InChI is InChI=1S/C23H21F2N3O3/c24-16-12-15-20(18(25)21(16)27-10-8-26-9-11-27)28(14-6-7-14)19(13-4-2-1-3-5-13)17(22(15)29)23(30)31/h1-5,12,14,26H,6-11H2,(H,30,31). The van der Waals surface area contributed by atoms with Crippen molar-refractivity contribution in [2.75, 3.05) is 31.1 Å². The first kappa shape index (κ1) is 19.7. The van der Waals surface area contributed by atoms with Crippen LogP contribution in [0.25, 0.3) is 22.2 Å². The van der Waals surface area contributed by atoms with E-state index in [1.165, 1.54) is 0 Å². The van der Waals surface area contributed by atoms with Gasteiger partial charge in [0.2, 0.25) is 5.43 Å². The fraction of sp³-hybridized carbons (Fsp3) is 0.304. The minimum atomic E-state index is -1.41. The fourth-order valence-electron chi connectivity index (χ4n) is 4.44. The Bertz CT molecular complexity index is 1250. The molecule has 2 heterocycles. The molecule has 0 radical (unpaired) electrons. The number of nitrogens with zero attached hydrogens (tertiary/aromatic N) is 2. The molecular formula is C23H21F2N3O3. The smallest absolute Gasteiger partial charge is 0.341 e. The molecular weight excluding hydrogens is 404 g/mol. The molecule has 160 valence electrons. The van der Waals surface area contributed by atoms with Crippen molar-refractivity contribution >= 4 is 22.6 Å². The molecule has 3 aromatic rings. The first-order chi connectivity index (χ1) is 15.0. The molecule has 0 amide bonds. The second-order valence-electron chi connectivity index (χ2n) is 7.98. The third kappa shape index (κ3) is 3.18. The van der Waals surface area contributed by atoms with Crippen molar-refractivity contribution in [2.45, 2.75) is 18.9 Å². The predicted octanol–water partition coefficient (Wildman–Crippen LogP) is 3.39. The second kappa shape index (κ2) is 7.46. The van der Waals surface area contributed by atoms with Gasteiger partial charge in [0.05, 0.1) is 16.6 Å². The van der Waals surface area contributed by atoms with Crippen LogP contribution in [0.3, 0.4) is 0 Å². The molecule has 8 heteroatoms. The highest BCUT2D eigenvalue weighted by Crippen LogP contribution is 2.43. The van der Waals surface area contributed by atoms with Crippen LogP contribution in [-0.4, -0.2) is 41.8 Å². The molecule has 0 spiro atoms. The van der Waals surface area contributed by atoms with Crippen molar-refractivity contribution in [3.05, 3.63) is 63.8 Å². The van der Waals surface area contributed by atoms with E-state index in [0.29, 0.717) is 31.7 Å². The number of carboxylic acid groups (broad SMARTS) is 1. The normalized spacial score (nSPS) is 16.6. The third-order valence-corrected chi connectivity index (χ3v) is 5.96. The average molecular weight is 425 g/mol. The third-order valence-electron chi connectivity index (χ3n) is 5.96. The summed E-state index contributed by atoms with van der Waals surface area (Å²) in [5.41, 5.74) is -0.832. The number of aromatic nitrogens is 1. The Morgan fingerprint density at radius 3 is 2.39 bits per heavy atom. The highest BCUT2D eigenvalue weighted by atomic mass is 19.1. The summed E-state index contributed by atoms with van der Waals surface area (Å²) in [7, 11) is 0. The summed E-state index contributed by atoms with van der Waals surface area (Å²) in [6.07, 6.45) is 1.47. The monoisotopic (exact) mass is 425 g/mol. The zero-order chi connectivity index (χ0) is 21.7. The van der Waals surface area contributed by atoms with E-state index in [1.807, 2.05) is 0 Å². The maximum absolute atomic E-state index is 16.0. The molecule has 2 N–H and O–H groups in total. The Morgan fingerprint density at radius 1 is 1.10 bits per heavy atom. The van der Waals surface area contributed by atoms with Gasteiger partial charge in [0.15, 0.2) is 5.82 Å². The molecule has 1 saturated heterocycles. The van der Waals surface area contributed by atoms with Crippen LogP contribution in [0, 0.1) is 11.6 Å². The number of pyridine rings is 1. The van der Waals surface area contributed by atoms with Crippen LogP contribution >= 0.6 is 0 Å². The Morgan fingerprint density at radius 2 is 1.77 bits per heavy atom. The van der Waals surface area contributed by atoms with E-state index >= 15 is 8.78 Å². The number of anilines is 1. The van der Waals surface area contributed by atoms with Gasteiger partial charge in [-0.25, -0.2) is 13.6 Å². The van der Waals surface area contributed by atoms with Crippen molar-refractivity contribution in [1.82, 2.24) is 9.88 Å². The number of aromatic carboxylic acids is 1. The minimum absolute atomic E-state index is 0.0220. The van der Waals surface area contributed by atoms with Gasteiger partial charge in [-0.2, -0.15) is 0 Å².